The molecule has 3 amide bonds. The Balaban J connectivity index is 0.000000196. The molecule has 0 aromatic heterocycles. The van der Waals surface area contributed by atoms with Crippen LogP contribution in [0.25, 0.3) is 0 Å². The van der Waals surface area contributed by atoms with Crippen LogP contribution in [0.15, 0.2) is 48.5 Å². The highest BCUT2D eigenvalue weighted by Crippen LogP contribution is 2.40. The summed E-state index contributed by atoms with van der Waals surface area (Å²) in [5, 5.41) is 24.1. The van der Waals surface area contributed by atoms with Gasteiger partial charge in [0, 0.05) is 99.1 Å². The van der Waals surface area contributed by atoms with E-state index in [1.54, 1.807) is 14.7 Å². The van der Waals surface area contributed by atoms with Crippen LogP contribution in [0.3, 0.4) is 0 Å². The molecule has 6 rings (SSSR count). The van der Waals surface area contributed by atoms with Crippen LogP contribution in [0.4, 0.5) is 30.6 Å². The molecule has 0 bridgehead atoms. The molecular weight excluding hydrogens is 720 g/mol. The van der Waals surface area contributed by atoms with E-state index in [0.29, 0.717) is 31.6 Å². The number of rotatable bonds is 4. The number of nitrogens with one attached hydrogen (secondary N) is 1. The highest BCUT2D eigenvalue weighted by Gasteiger charge is 2.56. The lowest BCUT2D eigenvalue weighted by atomic mass is 9.73. The molecule has 2 spiro atoms. The Kier molecular flexibility index (Phi) is 12.1. The minimum atomic E-state index is -0.978. The molecule has 4 saturated heterocycles. The number of amides is 3. The predicted octanol–water partition coefficient (Wildman–Crippen LogP) is 5.81. The summed E-state index contributed by atoms with van der Waals surface area (Å²) in [7, 11) is 0. The van der Waals surface area contributed by atoms with Crippen LogP contribution in [0.2, 0.25) is 0 Å². The van der Waals surface area contributed by atoms with Crippen LogP contribution >= 0.6 is 11.6 Å². The van der Waals surface area contributed by atoms with E-state index in [1.165, 1.54) is 48.5 Å². The number of hydrogen-bond acceptors (Lipinski definition) is 13. The number of nitrogens with zero attached hydrogens (tertiary/aromatic N) is 5. The summed E-state index contributed by atoms with van der Waals surface area (Å²) in [5.41, 5.74) is -1.72. The Hall–Kier alpha value is -5.23. The summed E-state index contributed by atoms with van der Waals surface area (Å²) in [4.78, 5) is 70.6. The normalized spacial score (nSPS) is 17.5. The Morgan fingerprint density at radius 2 is 0.962 bits per heavy atom. The van der Waals surface area contributed by atoms with Gasteiger partial charge in [-0.15, -0.1) is 0 Å². The first kappa shape index (κ1) is 40.5. The minimum Gasteiger partial charge on any atom is -0.444 e. The lowest BCUT2D eigenvalue weighted by Gasteiger charge is -2.59. The van der Waals surface area contributed by atoms with Gasteiger partial charge in [-0.05, 0) is 65.8 Å². The number of carbonyl (C=O) groups excluding carboxylic acids is 4. The fourth-order valence-corrected chi connectivity index (χ4v) is 5.85. The Morgan fingerprint density at radius 3 is 1.26 bits per heavy atom. The van der Waals surface area contributed by atoms with E-state index in [2.05, 4.69) is 10.1 Å². The molecule has 0 unspecified atom stereocenters. The van der Waals surface area contributed by atoms with Crippen molar-refractivity contribution in [3.63, 3.8) is 0 Å². The van der Waals surface area contributed by atoms with E-state index in [1.807, 2.05) is 41.5 Å². The van der Waals surface area contributed by atoms with Gasteiger partial charge in [0.2, 0.25) is 0 Å². The summed E-state index contributed by atoms with van der Waals surface area (Å²) in [5.74, 6) is 0.427. The molecule has 1 N–H and O–H groups in total. The summed E-state index contributed by atoms with van der Waals surface area (Å²) in [6.45, 7) is 17.1. The lowest BCUT2D eigenvalue weighted by Crippen LogP contribution is -2.74. The van der Waals surface area contributed by atoms with Crippen LogP contribution in [-0.2, 0) is 9.47 Å². The molecule has 0 atom stereocenters. The number of hydrogen-bond donors (Lipinski definition) is 1. The van der Waals surface area contributed by atoms with Crippen LogP contribution in [0, 0.1) is 31.1 Å². The highest BCUT2D eigenvalue weighted by molar-refractivity contribution is 6.61. The maximum atomic E-state index is 12.1. The maximum Gasteiger partial charge on any atom is 0.415 e. The monoisotopic (exact) mass is 762 g/mol. The summed E-state index contributed by atoms with van der Waals surface area (Å²) >= 11 is 4.92. The zero-order valence-corrected chi connectivity index (χ0v) is 31.0. The van der Waals surface area contributed by atoms with Gasteiger partial charge in [-0.1, -0.05) is 0 Å². The third kappa shape index (κ3) is 11.4. The first-order chi connectivity index (χ1) is 24.6. The number of nitro benzene ring substituents is 2. The van der Waals surface area contributed by atoms with Crippen molar-refractivity contribution in [2.75, 3.05) is 52.4 Å². The van der Waals surface area contributed by atoms with Crippen molar-refractivity contribution in [1.82, 2.24) is 20.0 Å². The number of halogens is 1. The van der Waals surface area contributed by atoms with E-state index in [9.17, 15) is 39.4 Å². The minimum absolute atomic E-state index is 0.0654. The molecule has 53 heavy (non-hydrogen) atoms. The average molecular weight is 763 g/mol. The fraction of sp³-hybridized carbons (Fsp3) is 0.529. The molecule has 2 aromatic rings. The quantitative estimate of drug-likeness (QED) is 0.222. The SMILES string of the molecule is CC(C)(C)OC(=O)N1CC2(CN(C(=O)Oc3ccc([N+](=O)[O-])cc3)C2)C1.CC(C)(C)OC(=O)N1CC2(CNC2)C1.O=C(Cl)Oc1ccc([N+](=O)[O-])cc1. The van der Waals surface area contributed by atoms with E-state index in [4.69, 9.17) is 25.8 Å². The molecule has 19 heteroatoms. The highest BCUT2D eigenvalue weighted by atomic mass is 35.5. The van der Waals surface area contributed by atoms with Gasteiger partial charge in [-0.3, -0.25) is 20.2 Å². The smallest absolute Gasteiger partial charge is 0.415 e. The lowest BCUT2D eigenvalue weighted by molar-refractivity contribution is -0.385. The molecule has 2 aromatic carbocycles. The van der Waals surface area contributed by atoms with E-state index >= 15 is 0 Å². The molecule has 4 aliphatic heterocycles. The Labute approximate surface area is 310 Å². The molecule has 0 saturated carbocycles. The van der Waals surface area contributed by atoms with E-state index in [0.717, 1.165) is 26.2 Å². The van der Waals surface area contributed by atoms with Gasteiger partial charge in [0.15, 0.2) is 0 Å². The number of carbonyl (C=O) groups is 4. The molecule has 0 aliphatic carbocycles. The van der Waals surface area contributed by atoms with Crippen molar-refractivity contribution in [2.45, 2.75) is 52.7 Å². The molecule has 4 fully saturated rings. The van der Waals surface area contributed by atoms with Gasteiger partial charge < -0.3 is 39.0 Å². The van der Waals surface area contributed by atoms with Crippen molar-refractivity contribution in [1.29, 1.82) is 0 Å². The van der Waals surface area contributed by atoms with Gasteiger partial charge in [0.25, 0.3) is 11.4 Å². The van der Waals surface area contributed by atoms with Gasteiger partial charge in [0.05, 0.1) is 9.85 Å². The van der Waals surface area contributed by atoms with Crippen molar-refractivity contribution < 1.29 is 48.0 Å². The standard InChI is InChI=1S/C17H21N3O6.C10H18N2O2.C7H4ClNO4/c1-16(2,3)26-15(22)19-10-17(11-19)8-18(9-17)14(21)25-13-6-4-12(5-7-13)20(23)24;1-9(2,3)14-8(13)12-6-10(7-12)4-11-5-10;8-7(10)13-6-3-1-5(2-4-6)9(11)12/h4-7H,8-11H2,1-3H3;11H,4-7H2,1-3H3;1-4H. The number of likely N-dealkylation sites (tertiary alicyclic amines) is 3. The molecule has 0 radical (unpaired) electrons. The third-order valence-electron chi connectivity index (χ3n) is 8.22. The first-order valence-electron chi connectivity index (χ1n) is 16.6. The van der Waals surface area contributed by atoms with Crippen molar-refractivity contribution in [3.8, 4) is 11.5 Å². The van der Waals surface area contributed by atoms with Crippen LogP contribution in [0.5, 0.6) is 11.5 Å². The molecule has 18 nitrogen and oxygen atoms in total. The van der Waals surface area contributed by atoms with Crippen LogP contribution in [-0.4, -0.2) is 112 Å². The van der Waals surface area contributed by atoms with E-state index in [-0.39, 0.29) is 46.1 Å². The van der Waals surface area contributed by atoms with Crippen LogP contribution < -0.4 is 14.8 Å². The van der Waals surface area contributed by atoms with Crippen LogP contribution in [0.1, 0.15) is 41.5 Å². The number of benzene rings is 2. The summed E-state index contributed by atoms with van der Waals surface area (Å²) < 4.78 is 20.3. The zero-order valence-electron chi connectivity index (χ0n) is 30.3. The van der Waals surface area contributed by atoms with Gasteiger partial charge in [-0.25, -0.2) is 19.2 Å². The fourth-order valence-electron chi connectivity index (χ4n) is 5.76. The summed E-state index contributed by atoms with van der Waals surface area (Å²) in [6.07, 6.45) is -1.01. The maximum absolute atomic E-state index is 12.1. The summed E-state index contributed by atoms with van der Waals surface area (Å²) in [6, 6.07) is 10.4. The first-order valence-corrected chi connectivity index (χ1v) is 16.9. The van der Waals surface area contributed by atoms with Gasteiger partial charge in [-0.2, -0.15) is 0 Å². The molecule has 288 valence electrons. The number of nitro groups is 2. The predicted molar refractivity (Wildman–Crippen MR) is 189 cm³/mol. The van der Waals surface area contributed by atoms with Crippen molar-refractivity contribution >= 4 is 46.7 Å². The van der Waals surface area contributed by atoms with E-state index < -0.39 is 27.0 Å². The average Bonchev–Trinajstić information content (AvgIpc) is 2.93. The van der Waals surface area contributed by atoms with Gasteiger partial charge in [0.1, 0.15) is 22.7 Å². The number of ether oxygens (including phenoxy) is 4. The topological polar surface area (TPSA) is 213 Å². The zero-order chi connectivity index (χ0) is 39.4. The second-order valence-corrected chi connectivity index (χ2v) is 15.7. The second kappa shape index (κ2) is 15.8. The van der Waals surface area contributed by atoms with Gasteiger partial charge >= 0.3 is 23.7 Å². The Bertz CT molecular complexity index is 1680. The molecular formula is C34H43ClN6O12. The Morgan fingerprint density at radius 1 is 0.623 bits per heavy atom. The third-order valence-corrected chi connectivity index (χ3v) is 8.29. The second-order valence-electron chi connectivity index (χ2n) is 15.3. The largest absolute Gasteiger partial charge is 0.444 e. The molecule has 4 heterocycles. The van der Waals surface area contributed by atoms with Crippen molar-refractivity contribution in [2.24, 2.45) is 10.8 Å². The number of non-ortho nitro benzene ring substituents is 2. The van der Waals surface area contributed by atoms with Crippen molar-refractivity contribution in [3.05, 3.63) is 68.8 Å². The molecule has 4 aliphatic rings.